The average molecular weight is 292 g/mol. The summed E-state index contributed by atoms with van der Waals surface area (Å²) in [5, 5.41) is 2.58. The molecule has 0 unspecified atom stereocenters. The van der Waals surface area contributed by atoms with Gasteiger partial charge in [0.1, 0.15) is 11.4 Å². The molecule has 21 heavy (non-hydrogen) atoms. The van der Waals surface area contributed by atoms with E-state index >= 15 is 0 Å². The van der Waals surface area contributed by atoms with Crippen LogP contribution in [0, 0.1) is 24.6 Å². The summed E-state index contributed by atoms with van der Waals surface area (Å²) in [5.41, 5.74) is 6.63. The van der Waals surface area contributed by atoms with Crippen LogP contribution in [0.2, 0.25) is 0 Å². The second kappa shape index (κ2) is 6.98. The van der Waals surface area contributed by atoms with E-state index in [4.69, 9.17) is 10.5 Å². The Kier molecular flexibility index (Phi) is 5.60. The molecule has 0 aliphatic carbocycles. The van der Waals surface area contributed by atoms with Crippen molar-refractivity contribution in [1.82, 2.24) is 5.32 Å². The maximum Gasteiger partial charge on any atom is 0.407 e. The van der Waals surface area contributed by atoms with E-state index in [2.05, 4.69) is 17.2 Å². The molecule has 3 N–H and O–H groups in total. The van der Waals surface area contributed by atoms with Gasteiger partial charge < -0.3 is 15.8 Å². The molecule has 0 aliphatic heterocycles. The number of rotatable bonds is 2. The number of nitrogen functional groups attached to an aromatic ring is 1. The maximum absolute atomic E-state index is 13.6. The van der Waals surface area contributed by atoms with Crippen LogP contribution >= 0.6 is 0 Å². The van der Waals surface area contributed by atoms with Gasteiger partial charge in [0.15, 0.2) is 0 Å². The topological polar surface area (TPSA) is 64.3 Å². The Labute approximate surface area is 124 Å². The van der Waals surface area contributed by atoms with Gasteiger partial charge in [0.2, 0.25) is 0 Å². The predicted octanol–water partition coefficient (Wildman–Crippen LogP) is 2.98. The lowest BCUT2D eigenvalue weighted by Crippen LogP contribution is -2.32. The van der Waals surface area contributed by atoms with E-state index in [9.17, 15) is 9.18 Å². The van der Waals surface area contributed by atoms with Crippen molar-refractivity contribution in [3.8, 4) is 11.8 Å². The third kappa shape index (κ3) is 6.17. The zero-order chi connectivity index (χ0) is 16.0. The average Bonchev–Trinajstić information content (AvgIpc) is 2.32. The molecule has 0 spiro atoms. The molecule has 0 saturated heterocycles. The zero-order valence-corrected chi connectivity index (χ0v) is 12.8. The fraction of sp³-hybridized carbons (Fsp3) is 0.438. The fourth-order valence-corrected chi connectivity index (χ4v) is 1.48. The van der Waals surface area contributed by atoms with Crippen LogP contribution in [0.5, 0.6) is 0 Å². The van der Waals surface area contributed by atoms with Crippen LogP contribution in [-0.4, -0.2) is 18.2 Å². The van der Waals surface area contributed by atoms with Crippen molar-refractivity contribution in [3.63, 3.8) is 0 Å². The molecular weight excluding hydrogens is 271 g/mol. The van der Waals surface area contributed by atoms with E-state index < -0.39 is 17.5 Å². The standard InChI is InChI=1S/C16H21FN2O2/c1-11-9-13(17)12(10-14(11)18)7-5-6-8-19-15(20)21-16(2,3)4/h9-10H,6,8,18H2,1-4H3,(H,19,20). The Morgan fingerprint density at radius 3 is 2.71 bits per heavy atom. The van der Waals surface area contributed by atoms with E-state index in [0.29, 0.717) is 24.2 Å². The van der Waals surface area contributed by atoms with Crippen molar-refractivity contribution in [1.29, 1.82) is 0 Å². The van der Waals surface area contributed by atoms with E-state index in [1.807, 2.05) is 0 Å². The number of anilines is 1. The highest BCUT2D eigenvalue weighted by Gasteiger charge is 2.15. The van der Waals surface area contributed by atoms with Crippen molar-refractivity contribution < 1.29 is 13.9 Å². The first-order chi connectivity index (χ1) is 9.69. The molecule has 1 aromatic rings. The molecule has 0 saturated carbocycles. The van der Waals surface area contributed by atoms with Gasteiger partial charge in [0.05, 0.1) is 5.56 Å². The van der Waals surface area contributed by atoms with Crippen molar-refractivity contribution in [3.05, 3.63) is 29.1 Å². The van der Waals surface area contributed by atoms with Crippen LogP contribution in [0.1, 0.15) is 38.3 Å². The number of halogens is 1. The van der Waals surface area contributed by atoms with Gasteiger partial charge in [-0.05, 0) is 45.4 Å². The first-order valence-electron chi connectivity index (χ1n) is 6.70. The number of carbonyl (C=O) groups excluding carboxylic acids is 1. The molecule has 114 valence electrons. The summed E-state index contributed by atoms with van der Waals surface area (Å²) in [4.78, 5) is 11.4. The Morgan fingerprint density at radius 1 is 1.43 bits per heavy atom. The zero-order valence-electron chi connectivity index (χ0n) is 12.8. The molecule has 4 nitrogen and oxygen atoms in total. The van der Waals surface area contributed by atoms with Crippen molar-refractivity contribution in [2.75, 3.05) is 12.3 Å². The number of amides is 1. The number of alkyl carbamates (subject to hydrolysis) is 1. The molecule has 0 radical (unpaired) electrons. The van der Waals surface area contributed by atoms with Gasteiger partial charge in [-0.15, -0.1) is 0 Å². The third-order valence-corrected chi connectivity index (χ3v) is 2.50. The third-order valence-electron chi connectivity index (χ3n) is 2.50. The number of hydrogen-bond acceptors (Lipinski definition) is 3. The number of benzene rings is 1. The summed E-state index contributed by atoms with van der Waals surface area (Å²) < 4.78 is 18.7. The fourth-order valence-electron chi connectivity index (χ4n) is 1.48. The Hall–Kier alpha value is -2.22. The number of nitrogens with one attached hydrogen (secondary N) is 1. The van der Waals surface area contributed by atoms with Crippen molar-refractivity contribution in [2.45, 2.75) is 39.7 Å². The smallest absolute Gasteiger partial charge is 0.407 e. The first kappa shape index (κ1) is 16.8. The highest BCUT2D eigenvalue weighted by atomic mass is 19.1. The van der Waals surface area contributed by atoms with Crippen LogP contribution in [-0.2, 0) is 4.74 Å². The molecule has 0 bridgehead atoms. The SMILES string of the molecule is Cc1cc(F)c(C#CCCNC(=O)OC(C)(C)C)cc1N. The number of nitrogens with two attached hydrogens (primary N) is 1. The minimum absolute atomic E-state index is 0.260. The molecule has 1 aromatic carbocycles. The molecule has 0 fully saturated rings. The normalized spacial score (nSPS) is 10.5. The summed E-state index contributed by atoms with van der Waals surface area (Å²) >= 11 is 0. The highest BCUT2D eigenvalue weighted by Crippen LogP contribution is 2.16. The predicted molar refractivity (Wildman–Crippen MR) is 81.3 cm³/mol. The Bertz CT molecular complexity index is 580. The number of ether oxygens (including phenoxy) is 1. The van der Waals surface area contributed by atoms with Gasteiger partial charge in [-0.25, -0.2) is 9.18 Å². The monoisotopic (exact) mass is 292 g/mol. The van der Waals surface area contributed by atoms with E-state index in [1.165, 1.54) is 12.1 Å². The maximum atomic E-state index is 13.6. The Morgan fingerprint density at radius 2 is 2.10 bits per heavy atom. The van der Waals surface area contributed by atoms with E-state index in [-0.39, 0.29) is 5.56 Å². The minimum Gasteiger partial charge on any atom is -0.444 e. The van der Waals surface area contributed by atoms with Gasteiger partial charge in [-0.2, -0.15) is 0 Å². The van der Waals surface area contributed by atoms with Crippen LogP contribution < -0.4 is 11.1 Å². The van der Waals surface area contributed by atoms with Gasteiger partial charge in [0.25, 0.3) is 0 Å². The molecule has 1 rings (SSSR count). The van der Waals surface area contributed by atoms with E-state index in [0.717, 1.165) is 0 Å². The van der Waals surface area contributed by atoms with Crippen molar-refractivity contribution >= 4 is 11.8 Å². The summed E-state index contributed by atoms with van der Waals surface area (Å²) in [7, 11) is 0. The largest absolute Gasteiger partial charge is 0.444 e. The first-order valence-corrected chi connectivity index (χ1v) is 6.70. The summed E-state index contributed by atoms with van der Waals surface area (Å²) in [6.45, 7) is 7.44. The number of aryl methyl sites for hydroxylation is 1. The van der Waals surface area contributed by atoms with Crippen LogP contribution in [0.3, 0.4) is 0 Å². The molecule has 0 atom stereocenters. The second-order valence-corrected chi connectivity index (χ2v) is 5.67. The lowest BCUT2D eigenvalue weighted by molar-refractivity contribution is 0.0529. The number of carbonyl (C=O) groups is 1. The minimum atomic E-state index is -0.529. The molecular formula is C16H21FN2O2. The second-order valence-electron chi connectivity index (χ2n) is 5.67. The molecule has 0 aliphatic rings. The molecule has 0 aromatic heterocycles. The van der Waals surface area contributed by atoms with Gasteiger partial charge >= 0.3 is 6.09 Å². The Balaban J connectivity index is 2.48. The lowest BCUT2D eigenvalue weighted by Gasteiger charge is -2.19. The van der Waals surface area contributed by atoms with Gasteiger partial charge in [-0.3, -0.25) is 0 Å². The van der Waals surface area contributed by atoms with Gasteiger partial charge in [0, 0.05) is 18.7 Å². The van der Waals surface area contributed by atoms with E-state index in [1.54, 1.807) is 27.7 Å². The highest BCUT2D eigenvalue weighted by molar-refractivity contribution is 5.67. The van der Waals surface area contributed by atoms with Crippen LogP contribution in [0.15, 0.2) is 12.1 Å². The molecule has 1 amide bonds. The molecule has 0 heterocycles. The van der Waals surface area contributed by atoms with Gasteiger partial charge in [-0.1, -0.05) is 11.8 Å². The molecule has 5 heteroatoms. The summed E-state index contributed by atoms with van der Waals surface area (Å²) in [6, 6.07) is 2.87. The summed E-state index contributed by atoms with van der Waals surface area (Å²) in [6.07, 6.45) is -0.0954. The van der Waals surface area contributed by atoms with Crippen LogP contribution in [0.4, 0.5) is 14.9 Å². The van der Waals surface area contributed by atoms with Crippen molar-refractivity contribution in [2.24, 2.45) is 0 Å². The lowest BCUT2D eigenvalue weighted by atomic mass is 10.1. The van der Waals surface area contributed by atoms with Crippen LogP contribution in [0.25, 0.3) is 0 Å². The quantitative estimate of drug-likeness (QED) is 0.500. The number of hydrogen-bond donors (Lipinski definition) is 2. The summed E-state index contributed by atoms with van der Waals surface area (Å²) in [5.74, 6) is 5.10.